The zero-order chi connectivity index (χ0) is 49.8. The Morgan fingerprint density at radius 2 is 0.671 bits per heavy atom. The number of hydrogen-bond acceptors (Lipinski definition) is 16. The van der Waals surface area contributed by atoms with Gasteiger partial charge in [0.2, 0.25) is 0 Å². The Morgan fingerprint density at radius 3 is 1.05 bits per heavy atom. The second-order valence-electron chi connectivity index (χ2n) is 24.3. The monoisotopic (exact) mass is 1010 g/mol. The number of nitrogens with zero attached hydrogens (tertiary/aromatic N) is 5. The maximum absolute atomic E-state index is 6.37. The van der Waals surface area contributed by atoms with E-state index in [1.54, 1.807) is 0 Å². The molecule has 0 spiro atoms. The molecule has 73 heavy (non-hydrogen) atoms. The lowest BCUT2D eigenvalue weighted by Gasteiger charge is -2.58. The number of benzene rings is 3. The molecule has 11 aliphatic heterocycles. The zero-order valence-electron chi connectivity index (χ0n) is 44.4. The predicted molar refractivity (Wildman–Crippen MR) is 290 cm³/mol. The molecule has 0 radical (unpaired) electrons. The van der Waals surface area contributed by atoms with Gasteiger partial charge in [-0.3, -0.25) is 24.5 Å². The summed E-state index contributed by atoms with van der Waals surface area (Å²) in [7, 11) is 0. The molecule has 11 fully saturated rings. The van der Waals surface area contributed by atoms with Crippen LogP contribution < -0.4 is 32.3 Å². The Kier molecular flexibility index (Phi) is 16.2. The third-order valence-electron chi connectivity index (χ3n) is 17.4. The summed E-state index contributed by atoms with van der Waals surface area (Å²) in [6, 6.07) is 26.9. The summed E-state index contributed by atoms with van der Waals surface area (Å²) >= 11 is 0. The molecular formula is C54H84B3N8O8-3. The van der Waals surface area contributed by atoms with Crippen LogP contribution in [0.2, 0.25) is 6.32 Å². The first-order chi connectivity index (χ1) is 35.5. The van der Waals surface area contributed by atoms with E-state index < -0.39 is 20.1 Å². The van der Waals surface area contributed by atoms with E-state index in [1.165, 1.54) is 22.2 Å². The van der Waals surface area contributed by atoms with Crippen molar-refractivity contribution in [1.29, 1.82) is 0 Å². The Labute approximate surface area is 435 Å². The van der Waals surface area contributed by atoms with Gasteiger partial charge in [0.05, 0.1) is 0 Å². The minimum atomic E-state index is -1.90. The van der Waals surface area contributed by atoms with Gasteiger partial charge in [-0.15, -0.1) is 17.2 Å². The quantitative estimate of drug-likeness (QED) is 0.265. The molecule has 0 aromatic heterocycles. The van der Waals surface area contributed by atoms with E-state index in [4.69, 9.17) is 37.2 Å². The van der Waals surface area contributed by atoms with Crippen LogP contribution in [0.4, 0.5) is 0 Å². The molecule has 14 rings (SSSR count). The van der Waals surface area contributed by atoms with Gasteiger partial charge in [0.15, 0.2) is 0 Å². The van der Waals surface area contributed by atoms with E-state index >= 15 is 0 Å². The Balaban J connectivity index is 0.816. The minimum absolute atomic E-state index is 0.0570. The summed E-state index contributed by atoms with van der Waals surface area (Å²) in [5, 5.41) is 11.4. The zero-order valence-corrected chi connectivity index (χ0v) is 44.4. The molecule has 8 bridgehead atoms. The maximum atomic E-state index is 6.37. The molecule has 11 heterocycles. The van der Waals surface area contributed by atoms with Crippen molar-refractivity contribution in [2.45, 2.75) is 46.7 Å². The lowest BCUT2D eigenvalue weighted by molar-refractivity contribution is -0.119. The SMILES string of the molecule is CC12CO[B-](c3ccc(CN4CCNCCN5CCNCCNCCN(CC4)CCN(Cc4ccc([B-]67OCC(C)(CO6)CO7)cc4)CCN(Cc4ccc([B-]67CC(C)(CO6)CO7)cc4)CC5)cc3)(OC1)OC2. The Hall–Kier alpha value is -2.79. The van der Waals surface area contributed by atoms with E-state index in [9.17, 15) is 0 Å². The standard InChI is InChI=1S/C54H84B3N8O8/c1-52-37-55(66-38-52,67-39-52)49-10-4-46(5-11-49)35-64-30-26-61-22-18-58-16-17-59-19-24-62(28-31-65(33-32-64)36-48-8-14-51(15-9-48)57-71-43-54(3,44-72-57)45-73-57)27-29-63(25-21-60-20-23-61)34-47-6-12-50(13-7-47)56-68-40-53(2,41-69-56)42-70-56/h4-15,58-60H,16-45H2,1-3H3/q-3. The average molecular weight is 1010 g/mol. The second kappa shape index (κ2) is 22.7. The van der Waals surface area contributed by atoms with Crippen molar-refractivity contribution in [2.75, 3.05) is 171 Å². The molecule has 2 atom stereocenters. The summed E-state index contributed by atoms with van der Waals surface area (Å²) in [6.07, 6.45) is 0.984. The van der Waals surface area contributed by atoms with Crippen molar-refractivity contribution in [2.24, 2.45) is 16.2 Å². The maximum Gasteiger partial charge on any atom is 0.409 e. The van der Waals surface area contributed by atoms with E-state index in [0.29, 0.717) is 39.6 Å². The molecule has 11 aliphatic rings. The fraction of sp³-hybridized carbons (Fsp3) is 0.667. The first kappa shape index (κ1) is 52.3. The second-order valence-corrected chi connectivity index (χ2v) is 24.3. The van der Waals surface area contributed by atoms with Gasteiger partial charge in [0.1, 0.15) is 0 Å². The Morgan fingerprint density at radius 1 is 0.356 bits per heavy atom. The van der Waals surface area contributed by atoms with E-state index in [0.717, 1.165) is 168 Å². The highest BCUT2D eigenvalue weighted by molar-refractivity contribution is 6.82. The minimum Gasteiger partial charge on any atom is -0.564 e. The van der Waals surface area contributed by atoms with Gasteiger partial charge >= 0.3 is 13.5 Å². The van der Waals surface area contributed by atoms with Gasteiger partial charge in [0, 0.05) is 201 Å². The summed E-state index contributed by atoms with van der Waals surface area (Å²) in [5.74, 6) is 0. The molecule has 2 unspecified atom stereocenters. The largest absolute Gasteiger partial charge is 0.564 e. The molecule has 3 aromatic rings. The molecule has 11 saturated heterocycles. The van der Waals surface area contributed by atoms with Crippen LogP contribution in [0.3, 0.4) is 0 Å². The van der Waals surface area contributed by atoms with Gasteiger partial charge in [-0.1, -0.05) is 93.6 Å². The number of hydrogen-bond donors (Lipinski definition) is 3. The van der Waals surface area contributed by atoms with Crippen LogP contribution in [0.5, 0.6) is 0 Å². The molecule has 3 aromatic carbocycles. The number of rotatable bonds is 9. The number of nitrogens with one attached hydrogen (secondary N) is 3. The highest BCUT2D eigenvalue weighted by Gasteiger charge is 2.51. The van der Waals surface area contributed by atoms with E-state index in [-0.39, 0.29) is 16.2 Å². The lowest BCUT2D eigenvalue weighted by atomic mass is 9.49. The molecule has 0 amide bonds. The molecule has 0 aliphatic carbocycles. The molecule has 400 valence electrons. The molecule has 0 saturated carbocycles. The van der Waals surface area contributed by atoms with Crippen LogP contribution in [0, 0.1) is 16.2 Å². The summed E-state index contributed by atoms with van der Waals surface area (Å²) < 4.78 is 50.4. The highest BCUT2D eigenvalue weighted by Crippen LogP contribution is 2.45. The van der Waals surface area contributed by atoms with Crippen LogP contribution in [0.25, 0.3) is 0 Å². The Bertz CT molecular complexity index is 2210. The van der Waals surface area contributed by atoms with Crippen LogP contribution in [-0.2, 0) is 56.9 Å². The molecule has 19 heteroatoms. The number of fused-ring (bicyclic) bond motifs is 29. The smallest absolute Gasteiger partial charge is 0.409 e. The predicted octanol–water partition coefficient (Wildman–Crippen LogP) is 1.07. The fourth-order valence-corrected chi connectivity index (χ4v) is 12.5. The first-order valence-corrected chi connectivity index (χ1v) is 28.0. The highest BCUT2D eigenvalue weighted by atomic mass is 16.8. The van der Waals surface area contributed by atoms with Crippen molar-refractivity contribution < 1.29 is 37.2 Å². The van der Waals surface area contributed by atoms with Crippen LogP contribution in [0.15, 0.2) is 72.8 Å². The van der Waals surface area contributed by atoms with Crippen molar-refractivity contribution in [3.05, 3.63) is 89.5 Å². The van der Waals surface area contributed by atoms with Gasteiger partial charge < -0.3 is 53.2 Å². The molecule has 3 N–H and O–H groups in total. The normalized spacial score (nSPS) is 36.9. The van der Waals surface area contributed by atoms with Crippen LogP contribution >= 0.6 is 0 Å². The van der Waals surface area contributed by atoms with Gasteiger partial charge in [-0.05, 0) is 22.1 Å². The van der Waals surface area contributed by atoms with Gasteiger partial charge in [-0.2, -0.15) is 5.46 Å². The third-order valence-corrected chi connectivity index (χ3v) is 17.4. The third kappa shape index (κ3) is 12.5. The van der Waals surface area contributed by atoms with Crippen molar-refractivity contribution in [1.82, 2.24) is 40.4 Å². The summed E-state index contributed by atoms with van der Waals surface area (Å²) in [4.78, 5) is 13.4. The van der Waals surface area contributed by atoms with Crippen molar-refractivity contribution >= 4 is 36.4 Å². The van der Waals surface area contributed by atoms with Crippen LogP contribution in [0.1, 0.15) is 37.5 Å². The fourth-order valence-electron chi connectivity index (χ4n) is 12.5. The van der Waals surface area contributed by atoms with Gasteiger partial charge in [-0.25, -0.2) is 0 Å². The van der Waals surface area contributed by atoms with E-state index in [1.807, 2.05) is 0 Å². The van der Waals surface area contributed by atoms with Crippen molar-refractivity contribution in [3.63, 3.8) is 0 Å². The molecular weight excluding hydrogens is 921 g/mol. The summed E-state index contributed by atoms with van der Waals surface area (Å²) in [5.41, 5.74) is 7.09. The summed E-state index contributed by atoms with van der Waals surface area (Å²) in [6.45, 7) is 27.2. The lowest BCUT2D eigenvalue weighted by Crippen LogP contribution is -2.68. The van der Waals surface area contributed by atoms with Gasteiger partial charge in [0.25, 0.3) is 6.55 Å². The van der Waals surface area contributed by atoms with Crippen molar-refractivity contribution in [3.8, 4) is 0 Å². The topological polar surface area (TPSA) is 126 Å². The molecule has 16 nitrogen and oxygen atoms in total. The first-order valence-electron chi connectivity index (χ1n) is 28.0. The average Bonchev–Trinajstić information content (AvgIpc) is 3.95. The van der Waals surface area contributed by atoms with E-state index in [2.05, 4.69) is 134 Å². The van der Waals surface area contributed by atoms with Crippen LogP contribution in [-0.4, -0.2) is 215 Å².